The minimum Gasteiger partial charge on any atom is -0.444 e. The first-order chi connectivity index (χ1) is 11.3. The van der Waals surface area contributed by atoms with Crippen LogP contribution in [0.5, 0.6) is 0 Å². The molecule has 0 aromatic carbocycles. The van der Waals surface area contributed by atoms with Crippen molar-refractivity contribution in [3.63, 3.8) is 0 Å². The van der Waals surface area contributed by atoms with Crippen LogP contribution in [0.2, 0.25) is 0 Å². The van der Waals surface area contributed by atoms with Crippen LogP contribution in [0.15, 0.2) is 0 Å². The highest BCUT2D eigenvalue weighted by molar-refractivity contribution is 5.76. The van der Waals surface area contributed by atoms with E-state index in [1.165, 1.54) is 25.7 Å². The molecule has 0 bridgehead atoms. The van der Waals surface area contributed by atoms with E-state index in [-0.39, 0.29) is 5.91 Å². The summed E-state index contributed by atoms with van der Waals surface area (Å²) < 4.78 is 5.17. The van der Waals surface area contributed by atoms with Gasteiger partial charge in [0.25, 0.3) is 0 Å². The fourth-order valence-electron chi connectivity index (χ4n) is 3.51. The first-order valence-electron chi connectivity index (χ1n) is 9.34. The Balaban J connectivity index is 1.57. The molecule has 0 atom stereocenters. The Labute approximate surface area is 145 Å². The van der Waals surface area contributed by atoms with Gasteiger partial charge in [0.05, 0.1) is 0 Å². The third-order valence-corrected chi connectivity index (χ3v) is 4.74. The summed E-state index contributed by atoms with van der Waals surface area (Å²) in [5.74, 6) is 0.201. The summed E-state index contributed by atoms with van der Waals surface area (Å²) >= 11 is 0. The lowest BCUT2D eigenvalue weighted by atomic mass is 10.1. The van der Waals surface area contributed by atoms with Crippen LogP contribution in [0.1, 0.15) is 59.3 Å². The average Bonchev–Trinajstić information content (AvgIpc) is 3.04. The van der Waals surface area contributed by atoms with Crippen LogP contribution in [0.4, 0.5) is 4.79 Å². The maximum Gasteiger partial charge on any atom is 0.407 e. The smallest absolute Gasteiger partial charge is 0.407 e. The molecule has 6 nitrogen and oxygen atoms in total. The lowest BCUT2D eigenvalue weighted by molar-refractivity contribution is -0.133. The minimum absolute atomic E-state index is 0.201. The summed E-state index contributed by atoms with van der Waals surface area (Å²) in [6.07, 6.45) is 6.08. The summed E-state index contributed by atoms with van der Waals surface area (Å²) in [5, 5.41) is 2.70. The maximum atomic E-state index is 12.3. The summed E-state index contributed by atoms with van der Waals surface area (Å²) in [7, 11) is 0. The molecule has 1 aliphatic carbocycles. The van der Waals surface area contributed by atoms with E-state index in [0.717, 1.165) is 32.2 Å². The predicted octanol–water partition coefficient (Wildman–Crippen LogP) is 2.38. The Morgan fingerprint density at radius 2 is 1.71 bits per heavy atom. The first-order valence-corrected chi connectivity index (χ1v) is 9.34. The molecule has 1 aliphatic heterocycles. The molecule has 1 heterocycles. The van der Waals surface area contributed by atoms with Crippen molar-refractivity contribution < 1.29 is 14.3 Å². The molecule has 2 fully saturated rings. The predicted molar refractivity (Wildman–Crippen MR) is 93.9 cm³/mol. The molecular formula is C18H33N3O3. The molecule has 0 radical (unpaired) electrons. The van der Waals surface area contributed by atoms with Gasteiger partial charge in [0, 0.05) is 45.2 Å². The molecule has 0 unspecified atom stereocenters. The zero-order valence-corrected chi connectivity index (χ0v) is 15.5. The van der Waals surface area contributed by atoms with Crippen molar-refractivity contribution in [2.75, 3.05) is 32.7 Å². The van der Waals surface area contributed by atoms with E-state index in [4.69, 9.17) is 4.74 Å². The van der Waals surface area contributed by atoms with E-state index >= 15 is 0 Å². The SMILES string of the molecule is CC(C)(C)OC(=O)NCCCC(=O)N1CCN(C2CCCC2)CC1. The van der Waals surface area contributed by atoms with Gasteiger partial charge >= 0.3 is 6.09 Å². The van der Waals surface area contributed by atoms with Gasteiger partial charge < -0.3 is 15.0 Å². The minimum atomic E-state index is -0.487. The van der Waals surface area contributed by atoms with Crippen molar-refractivity contribution in [1.82, 2.24) is 15.1 Å². The van der Waals surface area contributed by atoms with Gasteiger partial charge in [0.1, 0.15) is 5.60 Å². The highest BCUT2D eigenvalue weighted by Gasteiger charge is 2.27. The molecular weight excluding hydrogens is 306 g/mol. The zero-order chi connectivity index (χ0) is 17.6. The van der Waals surface area contributed by atoms with Crippen LogP contribution in [-0.2, 0) is 9.53 Å². The largest absolute Gasteiger partial charge is 0.444 e. The molecule has 2 rings (SSSR count). The number of carbonyl (C=O) groups is 2. The molecule has 1 saturated heterocycles. The van der Waals surface area contributed by atoms with Crippen LogP contribution in [0.3, 0.4) is 0 Å². The Morgan fingerprint density at radius 3 is 2.29 bits per heavy atom. The van der Waals surface area contributed by atoms with Crippen molar-refractivity contribution in [1.29, 1.82) is 0 Å². The topological polar surface area (TPSA) is 61.9 Å². The van der Waals surface area contributed by atoms with Gasteiger partial charge in [-0.2, -0.15) is 0 Å². The quantitative estimate of drug-likeness (QED) is 0.781. The summed E-state index contributed by atoms with van der Waals surface area (Å²) in [6.45, 7) is 9.68. The number of ether oxygens (including phenoxy) is 1. The molecule has 0 aromatic rings. The second-order valence-corrected chi connectivity index (χ2v) is 7.89. The van der Waals surface area contributed by atoms with Crippen molar-refractivity contribution in [3.8, 4) is 0 Å². The van der Waals surface area contributed by atoms with E-state index in [1.807, 2.05) is 25.7 Å². The Hall–Kier alpha value is -1.30. The standard InChI is InChI=1S/C18H33N3O3/c1-18(2,3)24-17(23)19-10-6-9-16(22)21-13-11-20(12-14-21)15-7-4-5-8-15/h15H,4-14H2,1-3H3,(H,19,23). The summed E-state index contributed by atoms with van der Waals surface area (Å²) in [6, 6.07) is 0.750. The highest BCUT2D eigenvalue weighted by Crippen LogP contribution is 2.24. The van der Waals surface area contributed by atoms with E-state index < -0.39 is 11.7 Å². The number of nitrogens with zero attached hydrogens (tertiary/aromatic N) is 2. The number of hydrogen-bond donors (Lipinski definition) is 1. The van der Waals surface area contributed by atoms with Crippen LogP contribution >= 0.6 is 0 Å². The average molecular weight is 339 g/mol. The molecule has 0 aromatic heterocycles. The van der Waals surface area contributed by atoms with E-state index in [9.17, 15) is 9.59 Å². The third-order valence-electron chi connectivity index (χ3n) is 4.74. The fourth-order valence-corrected chi connectivity index (χ4v) is 3.51. The van der Waals surface area contributed by atoms with Gasteiger partial charge in [-0.25, -0.2) is 4.79 Å². The maximum absolute atomic E-state index is 12.3. The van der Waals surface area contributed by atoms with Crippen LogP contribution in [0.25, 0.3) is 0 Å². The number of piperazine rings is 1. The van der Waals surface area contributed by atoms with Gasteiger partial charge in [-0.15, -0.1) is 0 Å². The number of alkyl carbamates (subject to hydrolysis) is 1. The normalized spacial score (nSPS) is 20.2. The molecule has 1 N–H and O–H groups in total. The van der Waals surface area contributed by atoms with Gasteiger partial charge in [-0.05, 0) is 40.0 Å². The van der Waals surface area contributed by atoms with Crippen molar-refractivity contribution >= 4 is 12.0 Å². The lowest BCUT2D eigenvalue weighted by Crippen LogP contribution is -2.51. The van der Waals surface area contributed by atoms with E-state index in [2.05, 4.69) is 10.2 Å². The molecule has 2 amide bonds. The second-order valence-electron chi connectivity index (χ2n) is 7.89. The molecule has 6 heteroatoms. The fraction of sp³-hybridized carbons (Fsp3) is 0.889. The number of rotatable bonds is 5. The van der Waals surface area contributed by atoms with Gasteiger partial charge in [-0.1, -0.05) is 12.8 Å². The van der Waals surface area contributed by atoms with Crippen LogP contribution < -0.4 is 5.32 Å². The Morgan fingerprint density at radius 1 is 1.08 bits per heavy atom. The number of nitrogens with one attached hydrogen (secondary N) is 1. The molecule has 24 heavy (non-hydrogen) atoms. The number of carbonyl (C=O) groups excluding carboxylic acids is 2. The monoisotopic (exact) mass is 339 g/mol. The van der Waals surface area contributed by atoms with E-state index in [0.29, 0.717) is 19.4 Å². The summed E-state index contributed by atoms with van der Waals surface area (Å²) in [4.78, 5) is 28.3. The summed E-state index contributed by atoms with van der Waals surface area (Å²) in [5.41, 5.74) is -0.487. The molecule has 2 aliphatic rings. The number of amides is 2. The Kier molecular flexibility index (Phi) is 6.90. The van der Waals surface area contributed by atoms with Crippen LogP contribution in [-0.4, -0.2) is 66.2 Å². The van der Waals surface area contributed by atoms with Crippen molar-refractivity contribution in [3.05, 3.63) is 0 Å². The van der Waals surface area contributed by atoms with Gasteiger partial charge in [0.2, 0.25) is 5.91 Å². The third kappa shape index (κ3) is 6.30. The first kappa shape index (κ1) is 19.0. The van der Waals surface area contributed by atoms with Gasteiger partial charge in [-0.3, -0.25) is 9.69 Å². The molecule has 138 valence electrons. The lowest BCUT2D eigenvalue weighted by Gasteiger charge is -2.38. The van der Waals surface area contributed by atoms with Crippen molar-refractivity contribution in [2.45, 2.75) is 70.9 Å². The molecule has 0 spiro atoms. The van der Waals surface area contributed by atoms with Gasteiger partial charge in [0.15, 0.2) is 0 Å². The Bertz CT molecular complexity index is 420. The van der Waals surface area contributed by atoms with Crippen LogP contribution in [0, 0.1) is 0 Å². The van der Waals surface area contributed by atoms with E-state index in [1.54, 1.807) is 0 Å². The van der Waals surface area contributed by atoms with Crippen molar-refractivity contribution in [2.24, 2.45) is 0 Å². The highest BCUT2D eigenvalue weighted by atomic mass is 16.6. The molecule has 1 saturated carbocycles. The second kappa shape index (κ2) is 8.70. The zero-order valence-electron chi connectivity index (χ0n) is 15.5. The number of hydrogen-bond acceptors (Lipinski definition) is 4.